The fourth-order valence-corrected chi connectivity index (χ4v) is 4.01. The zero-order valence-electron chi connectivity index (χ0n) is 19.6. The van der Waals surface area contributed by atoms with E-state index in [1.54, 1.807) is 0 Å². The number of unbranched alkanes of at least 4 members (excludes halogenated alkanes) is 1. The second kappa shape index (κ2) is 7.38. The summed E-state index contributed by atoms with van der Waals surface area (Å²) in [7, 11) is -1.64. The van der Waals surface area contributed by atoms with Crippen LogP contribution in [0.4, 0.5) is 0 Å². The largest absolute Gasteiger partial charge is 0.558 e. The van der Waals surface area contributed by atoms with Gasteiger partial charge in [-0.05, 0) is 58.7 Å². The molecule has 0 aromatic heterocycles. The molecule has 0 atom stereocenters. The molecule has 0 N–H and O–H groups in total. The Morgan fingerprint density at radius 3 is 1.77 bits per heavy atom. The summed E-state index contributed by atoms with van der Waals surface area (Å²) in [6.45, 7) is 25.9. The van der Waals surface area contributed by atoms with Crippen molar-refractivity contribution in [1.29, 1.82) is 0 Å². The third-order valence-electron chi connectivity index (χ3n) is 6.77. The van der Waals surface area contributed by atoms with Crippen LogP contribution >= 0.6 is 0 Å². The Hall–Kier alpha value is -0.0982. The third-order valence-corrected chi connectivity index (χ3v) is 11.3. The Kier molecular flexibility index (Phi) is 6.80. The Labute approximate surface area is 164 Å². The van der Waals surface area contributed by atoms with Gasteiger partial charge in [-0.3, -0.25) is 0 Å². The molecule has 0 bridgehead atoms. The van der Waals surface area contributed by atoms with Gasteiger partial charge >= 0.3 is 0 Å². The molecule has 1 fully saturated rings. The molecule has 1 aliphatic heterocycles. The lowest BCUT2D eigenvalue weighted by atomic mass is 9.39. The minimum atomic E-state index is -1.64. The van der Waals surface area contributed by atoms with Crippen LogP contribution in [0.5, 0.6) is 0 Å². The molecule has 0 aromatic rings. The molecule has 1 rings (SSSR count). The number of hydrogen-bond acceptors (Lipinski definition) is 3. The maximum absolute atomic E-state index is 6.55. The molecule has 26 heavy (non-hydrogen) atoms. The summed E-state index contributed by atoms with van der Waals surface area (Å²) in [5, 5.41) is 0.185. The molecule has 1 saturated heterocycles. The molecule has 0 spiro atoms. The minimum absolute atomic E-state index is 0.0841. The quantitative estimate of drug-likeness (QED) is 0.376. The van der Waals surface area contributed by atoms with E-state index in [2.05, 4.69) is 94.4 Å². The van der Waals surface area contributed by atoms with Crippen molar-refractivity contribution in [1.82, 2.24) is 0 Å². The lowest BCUT2D eigenvalue weighted by molar-refractivity contribution is 0.00578. The van der Waals surface area contributed by atoms with E-state index in [4.69, 9.17) is 13.7 Å². The highest BCUT2D eigenvalue weighted by Crippen LogP contribution is 2.51. The maximum atomic E-state index is 6.55. The lowest BCUT2D eigenvalue weighted by Gasteiger charge is -2.46. The SMILES string of the molecule is CC(C)(C)[B-]1(/C=C\CCCO[Si](C)(C)C(C)(C)C)OC(C)(C)C(C)(C)O1. The van der Waals surface area contributed by atoms with Gasteiger partial charge in [0.15, 0.2) is 8.32 Å². The summed E-state index contributed by atoms with van der Waals surface area (Å²) in [4.78, 5) is 0. The molecule has 1 aliphatic rings. The van der Waals surface area contributed by atoms with E-state index in [0.717, 1.165) is 19.4 Å². The molecule has 0 aliphatic carbocycles. The van der Waals surface area contributed by atoms with Crippen LogP contribution < -0.4 is 0 Å². The molecule has 3 nitrogen and oxygen atoms in total. The Morgan fingerprint density at radius 2 is 1.38 bits per heavy atom. The van der Waals surface area contributed by atoms with Crippen LogP contribution in [0, 0.1) is 0 Å². The first kappa shape index (κ1) is 23.9. The van der Waals surface area contributed by atoms with Crippen molar-refractivity contribution in [3.05, 3.63) is 12.1 Å². The first-order valence-corrected chi connectivity index (χ1v) is 13.1. The second-order valence-corrected chi connectivity index (χ2v) is 16.4. The summed E-state index contributed by atoms with van der Waals surface area (Å²) in [6.07, 6.45) is 4.26. The van der Waals surface area contributed by atoms with E-state index in [1.807, 2.05) is 0 Å². The monoisotopic (exact) mass is 383 g/mol. The molecule has 154 valence electrons. The van der Waals surface area contributed by atoms with Gasteiger partial charge in [-0.2, -0.15) is 5.98 Å². The fraction of sp³-hybridized carbons (Fsp3) is 0.905. The van der Waals surface area contributed by atoms with Gasteiger partial charge in [-0.1, -0.05) is 41.5 Å². The van der Waals surface area contributed by atoms with Crippen LogP contribution in [0.15, 0.2) is 12.1 Å². The number of rotatable bonds is 6. The fourth-order valence-electron chi connectivity index (χ4n) is 2.92. The molecule has 5 heteroatoms. The van der Waals surface area contributed by atoms with Crippen molar-refractivity contribution >= 4 is 14.9 Å². The summed E-state index contributed by atoms with van der Waals surface area (Å²) in [5.74, 6) is 2.20. The van der Waals surface area contributed by atoms with Crippen LogP contribution in [-0.2, 0) is 13.7 Å². The average Bonchev–Trinajstić information content (AvgIpc) is 2.58. The minimum Gasteiger partial charge on any atom is -0.558 e. The first-order valence-electron chi connectivity index (χ1n) is 10.2. The molecule has 0 saturated carbocycles. The lowest BCUT2D eigenvalue weighted by Crippen LogP contribution is -2.46. The van der Waals surface area contributed by atoms with E-state index in [-0.39, 0.29) is 21.6 Å². The van der Waals surface area contributed by atoms with Gasteiger partial charge in [0, 0.05) is 17.8 Å². The van der Waals surface area contributed by atoms with Gasteiger partial charge in [-0.15, -0.1) is 11.4 Å². The molecular formula is C21H44BO3Si-. The van der Waals surface area contributed by atoms with Gasteiger partial charge < -0.3 is 13.7 Å². The van der Waals surface area contributed by atoms with Crippen molar-refractivity contribution in [3.8, 4) is 0 Å². The zero-order valence-corrected chi connectivity index (χ0v) is 20.6. The van der Waals surface area contributed by atoms with E-state index in [0.29, 0.717) is 0 Å². The molecule has 0 amide bonds. The predicted octanol–water partition coefficient (Wildman–Crippen LogP) is 6.73. The van der Waals surface area contributed by atoms with Gasteiger partial charge in [0.05, 0.1) is 0 Å². The summed E-state index contributed by atoms with van der Waals surface area (Å²) < 4.78 is 19.4. The highest BCUT2D eigenvalue weighted by molar-refractivity contribution is 6.76. The van der Waals surface area contributed by atoms with Gasteiger partial charge in [0.2, 0.25) is 0 Å². The van der Waals surface area contributed by atoms with E-state index in [1.165, 1.54) is 0 Å². The van der Waals surface area contributed by atoms with Gasteiger partial charge in [0.25, 0.3) is 6.55 Å². The Bertz CT molecular complexity index is 494. The first-order chi connectivity index (χ1) is 11.4. The van der Waals surface area contributed by atoms with Crippen molar-refractivity contribution in [3.63, 3.8) is 0 Å². The zero-order chi connectivity index (χ0) is 20.7. The third kappa shape index (κ3) is 5.03. The predicted molar refractivity (Wildman–Crippen MR) is 117 cm³/mol. The van der Waals surface area contributed by atoms with E-state index >= 15 is 0 Å². The maximum Gasteiger partial charge on any atom is 0.268 e. The van der Waals surface area contributed by atoms with Crippen molar-refractivity contribution in [2.45, 2.75) is 117 Å². The standard InChI is InChI=1S/C21H44BO3Si/c1-18(2,3)22(24-20(7,8)21(9,10)25-22)16-14-13-15-17-23-26(11,12)19(4,5)6/h14,16H,13,15,17H2,1-12H3/q-1/b16-14-. The van der Waals surface area contributed by atoms with Crippen LogP contribution in [0.1, 0.15) is 82.1 Å². The van der Waals surface area contributed by atoms with Crippen LogP contribution in [0.3, 0.4) is 0 Å². The molecule has 0 aromatic carbocycles. The van der Waals surface area contributed by atoms with Crippen LogP contribution in [0.25, 0.3) is 0 Å². The van der Waals surface area contributed by atoms with Gasteiger partial charge in [0.1, 0.15) is 0 Å². The normalized spacial score (nSPS) is 22.9. The highest BCUT2D eigenvalue weighted by atomic mass is 28.4. The average molecular weight is 383 g/mol. The Morgan fingerprint density at radius 1 is 0.923 bits per heavy atom. The van der Waals surface area contributed by atoms with Crippen molar-refractivity contribution in [2.24, 2.45) is 0 Å². The smallest absolute Gasteiger partial charge is 0.268 e. The molecule has 0 radical (unpaired) electrons. The summed E-state index contributed by atoms with van der Waals surface area (Å²) >= 11 is 0. The summed E-state index contributed by atoms with van der Waals surface area (Å²) in [6, 6.07) is 0. The van der Waals surface area contributed by atoms with Crippen molar-refractivity contribution < 1.29 is 13.7 Å². The highest BCUT2D eigenvalue weighted by Gasteiger charge is 2.54. The molecular weight excluding hydrogens is 339 g/mol. The van der Waals surface area contributed by atoms with Crippen LogP contribution in [0.2, 0.25) is 23.4 Å². The number of allylic oxidation sites excluding steroid dienone is 1. The Balaban J connectivity index is 2.70. The topological polar surface area (TPSA) is 27.7 Å². The second-order valence-electron chi connectivity index (χ2n) is 11.6. The van der Waals surface area contributed by atoms with E-state index < -0.39 is 14.9 Å². The molecule has 1 heterocycles. The number of hydrogen-bond donors (Lipinski definition) is 0. The molecule has 0 unspecified atom stereocenters. The summed E-state index contributed by atoms with van der Waals surface area (Å²) in [5.41, 5.74) is -0.619. The van der Waals surface area contributed by atoms with E-state index in [9.17, 15) is 0 Å². The van der Waals surface area contributed by atoms with Crippen molar-refractivity contribution in [2.75, 3.05) is 6.61 Å². The van der Waals surface area contributed by atoms with Crippen LogP contribution in [-0.4, -0.2) is 32.7 Å². The van der Waals surface area contributed by atoms with Gasteiger partial charge in [-0.25, -0.2) is 0 Å².